The lowest BCUT2D eigenvalue weighted by Gasteiger charge is -2.34. The molecule has 0 aromatic heterocycles. The second-order valence-electron chi connectivity index (χ2n) is 6.88. The number of rotatable bonds is 5. The van der Waals surface area contributed by atoms with E-state index in [1.807, 2.05) is 7.05 Å². The van der Waals surface area contributed by atoms with Crippen LogP contribution in [0.15, 0.2) is 0 Å². The SMILES string of the molecule is CCCN1CCC(OC2CCCCC2)CC1.CNC(C)C. The summed E-state index contributed by atoms with van der Waals surface area (Å²) in [4.78, 5) is 2.58. The van der Waals surface area contributed by atoms with Gasteiger partial charge in [-0.3, -0.25) is 0 Å². The minimum Gasteiger partial charge on any atom is -0.375 e. The average molecular weight is 299 g/mol. The van der Waals surface area contributed by atoms with Crippen LogP contribution in [0.3, 0.4) is 0 Å². The number of likely N-dealkylation sites (tertiary alicyclic amines) is 1. The van der Waals surface area contributed by atoms with Gasteiger partial charge in [0, 0.05) is 19.1 Å². The van der Waals surface area contributed by atoms with Crippen LogP contribution < -0.4 is 5.32 Å². The highest BCUT2D eigenvalue weighted by Crippen LogP contribution is 2.24. The number of hydrogen-bond acceptors (Lipinski definition) is 3. The third-order valence-corrected chi connectivity index (χ3v) is 4.59. The molecule has 2 rings (SSSR count). The molecular formula is C18H38N2O. The average Bonchev–Trinajstić information content (AvgIpc) is 2.51. The predicted molar refractivity (Wildman–Crippen MR) is 91.9 cm³/mol. The third-order valence-electron chi connectivity index (χ3n) is 4.59. The zero-order valence-corrected chi connectivity index (χ0v) is 14.9. The lowest BCUT2D eigenvalue weighted by molar-refractivity contribution is -0.0556. The van der Waals surface area contributed by atoms with Gasteiger partial charge in [0.15, 0.2) is 0 Å². The predicted octanol–water partition coefficient (Wildman–Crippen LogP) is 3.82. The first-order valence-corrected chi connectivity index (χ1v) is 9.20. The van der Waals surface area contributed by atoms with Crippen LogP contribution in [-0.4, -0.2) is 49.8 Å². The molecule has 3 heteroatoms. The fourth-order valence-corrected chi connectivity index (χ4v) is 3.06. The van der Waals surface area contributed by atoms with Gasteiger partial charge in [-0.1, -0.05) is 40.0 Å². The second kappa shape index (κ2) is 11.4. The van der Waals surface area contributed by atoms with Gasteiger partial charge >= 0.3 is 0 Å². The molecule has 21 heavy (non-hydrogen) atoms. The highest BCUT2D eigenvalue weighted by Gasteiger charge is 2.23. The fraction of sp³-hybridized carbons (Fsp3) is 1.00. The summed E-state index contributed by atoms with van der Waals surface area (Å²) < 4.78 is 6.23. The van der Waals surface area contributed by atoms with Crippen LogP contribution in [0.4, 0.5) is 0 Å². The summed E-state index contributed by atoms with van der Waals surface area (Å²) in [5.41, 5.74) is 0. The molecule has 1 aliphatic carbocycles. The van der Waals surface area contributed by atoms with Crippen LogP contribution in [0.25, 0.3) is 0 Å². The van der Waals surface area contributed by atoms with E-state index in [9.17, 15) is 0 Å². The van der Waals surface area contributed by atoms with E-state index in [1.165, 1.54) is 71.0 Å². The van der Waals surface area contributed by atoms with Crippen LogP contribution in [-0.2, 0) is 4.74 Å². The van der Waals surface area contributed by atoms with Gasteiger partial charge < -0.3 is 15.0 Å². The minimum atomic E-state index is 0.566. The van der Waals surface area contributed by atoms with Crippen molar-refractivity contribution in [1.29, 1.82) is 0 Å². The van der Waals surface area contributed by atoms with Crippen molar-refractivity contribution in [3.8, 4) is 0 Å². The molecule has 2 fully saturated rings. The summed E-state index contributed by atoms with van der Waals surface area (Å²) in [5.74, 6) is 0. The van der Waals surface area contributed by atoms with Gasteiger partial charge in [-0.15, -0.1) is 0 Å². The Hall–Kier alpha value is -0.120. The van der Waals surface area contributed by atoms with E-state index < -0.39 is 0 Å². The zero-order valence-electron chi connectivity index (χ0n) is 14.9. The number of hydrogen-bond donors (Lipinski definition) is 1. The van der Waals surface area contributed by atoms with Crippen molar-refractivity contribution in [2.45, 2.75) is 90.4 Å². The number of nitrogens with zero attached hydrogens (tertiary/aromatic N) is 1. The first-order valence-electron chi connectivity index (χ1n) is 9.20. The Morgan fingerprint density at radius 3 is 2.00 bits per heavy atom. The van der Waals surface area contributed by atoms with E-state index in [4.69, 9.17) is 4.74 Å². The van der Waals surface area contributed by atoms with Crippen LogP contribution >= 0.6 is 0 Å². The van der Waals surface area contributed by atoms with Gasteiger partial charge in [-0.25, -0.2) is 0 Å². The minimum absolute atomic E-state index is 0.566. The Morgan fingerprint density at radius 2 is 1.52 bits per heavy atom. The zero-order chi connectivity index (χ0) is 15.5. The molecule has 0 unspecified atom stereocenters. The first kappa shape index (κ1) is 18.9. The Labute approximate surface area is 132 Å². The Kier molecular flexibility index (Phi) is 10.3. The normalized spacial score (nSPS) is 22.1. The molecule has 0 amide bonds. The topological polar surface area (TPSA) is 24.5 Å². The van der Waals surface area contributed by atoms with Crippen molar-refractivity contribution in [2.75, 3.05) is 26.7 Å². The molecule has 0 spiro atoms. The van der Waals surface area contributed by atoms with E-state index in [2.05, 4.69) is 31.0 Å². The molecular weight excluding hydrogens is 260 g/mol. The molecule has 1 N–H and O–H groups in total. The molecule has 1 saturated carbocycles. The number of ether oxygens (including phenoxy) is 1. The van der Waals surface area contributed by atoms with Crippen LogP contribution in [0.1, 0.15) is 72.1 Å². The molecule has 1 heterocycles. The molecule has 0 aromatic rings. The molecule has 0 bridgehead atoms. The van der Waals surface area contributed by atoms with Crippen molar-refractivity contribution in [1.82, 2.24) is 10.2 Å². The lowest BCUT2D eigenvalue weighted by atomic mass is 9.97. The van der Waals surface area contributed by atoms with Gasteiger partial charge in [0.25, 0.3) is 0 Å². The largest absolute Gasteiger partial charge is 0.375 e. The maximum Gasteiger partial charge on any atom is 0.0603 e. The summed E-state index contributed by atoms with van der Waals surface area (Å²) in [6.45, 7) is 10.3. The van der Waals surface area contributed by atoms with Crippen LogP contribution in [0.5, 0.6) is 0 Å². The number of nitrogens with one attached hydrogen (secondary N) is 1. The summed E-state index contributed by atoms with van der Waals surface area (Å²) >= 11 is 0. The highest BCUT2D eigenvalue weighted by molar-refractivity contribution is 4.75. The standard InChI is InChI=1S/C14H27NO.C4H11N/c1-2-10-15-11-8-14(9-12-15)16-13-6-4-3-5-7-13;1-4(2)5-3/h13-14H,2-12H2,1H3;4-5H,1-3H3. The molecule has 0 atom stereocenters. The molecule has 126 valence electrons. The van der Waals surface area contributed by atoms with Crippen LogP contribution in [0, 0.1) is 0 Å². The molecule has 1 saturated heterocycles. The Balaban J connectivity index is 0.000000383. The van der Waals surface area contributed by atoms with Crippen LogP contribution in [0.2, 0.25) is 0 Å². The maximum atomic E-state index is 6.23. The lowest BCUT2D eigenvalue weighted by Crippen LogP contribution is -2.39. The maximum absolute atomic E-state index is 6.23. The van der Waals surface area contributed by atoms with E-state index in [-0.39, 0.29) is 0 Å². The smallest absolute Gasteiger partial charge is 0.0603 e. The van der Waals surface area contributed by atoms with E-state index in [1.54, 1.807) is 0 Å². The highest BCUT2D eigenvalue weighted by atomic mass is 16.5. The van der Waals surface area contributed by atoms with Gasteiger partial charge in [0.1, 0.15) is 0 Å². The second-order valence-corrected chi connectivity index (χ2v) is 6.88. The van der Waals surface area contributed by atoms with Gasteiger partial charge in [0.05, 0.1) is 12.2 Å². The van der Waals surface area contributed by atoms with Crippen molar-refractivity contribution < 1.29 is 4.74 Å². The molecule has 0 aromatic carbocycles. The Bertz CT molecular complexity index is 231. The van der Waals surface area contributed by atoms with E-state index in [0.29, 0.717) is 18.2 Å². The van der Waals surface area contributed by atoms with Crippen molar-refractivity contribution in [2.24, 2.45) is 0 Å². The first-order chi connectivity index (χ1) is 10.2. The molecule has 3 nitrogen and oxygen atoms in total. The molecule has 2 aliphatic rings. The van der Waals surface area contributed by atoms with E-state index in [0.717, 1.165) is 0 Å². The quantitative estimate of drug-likeness (QED) is 0.835. The number of piperidine rings is 1. The van der Waals surface area contributed by atoms with Gasteiger partial charge in [0.2, 0.25) is 0 Å². The summed E-state index contributed by atoms with van der Waals surface area (Å²) in [5, 5.41) is 3.03. The fourth-order valence-electron chi connectivity index (χ4n) is 3.06. The van der Waals surface area contributed by atoms with Gasteiger partial charge in [-0.05, 0) is 45.7 Å². The third kappa shape index (κ3) is 8.80. The van der Waals surface area contributed by atoms with Gasteiger partial charge in [-0.2, -0.15) is 0 Å². The Morgan fingerprint density at radius 1 is 1.00 bits per heavy atom. The van der Waals surface area contributed by atoms with E-state index >= 15 is 0 Å². The monoisotopic (exact) mass is 298 g/mol. The van der Waals surface area contributed by atoms with Crippen molar-refractivity contribution >= 4 is 0 Å². The summed E-state index contributed by atoms with van der Waals surface area (Å²) in [6.07, 6.45) is 11.8. The van der Waals surface area contributed by atoms with Crippen molar-refractivity contribution in [3.05, 3.63) is 0 Å². The van der Waals surface area contributed by atoms with Crippen molar-refractivity contribution in [3.63, 3.8) is 0 Å². The summed E-state index contributed by atoms with van der Waals surface area (Å²) in [6, 6.07) is 0.634. The molecule has 0 radical (unpaired) electrons. The summed E-state index contributed by atoms with van der Waals surface area (Å²) in [7, 11) is 1.95. The molecule has 1 aliphatic heterocycles.